The Bertz CT molecular complexity index is 508. The predicted molar refractivity (Wildman–Crippen MR) is 68.8 cm³/mol. The van der Waals surface area contributed by atoms with Crippen molar-refractivity contribution in [3.05, 3.63) is 45.5 Å². The number of aromatic nitrogens is 2. The first-order valence-electron chi connectivity index (χ1n) is 4.83. The fraction of sp³-hybridized carbons (Fsp3) is 0.182. The minimum Gasteiger partial charge on any atom is -0.324 e. The van der Waals surface area contributed by atoms with E-state index in [1.54, 1.807) is 16.9 Å². The third kappa shape index (κ3) is 2.25. The first kappa shape index (κ1) is 11.5. The van der Waals surface area contributed by atoms with Crippen LogP contribution in [0.1, 0.15) is 18.5 Å². The van der Waals surface area contributed by atoms with Gasteiger partial charge in [-0.1, -0.05) is 0 Å². The van der Waals surface area contributed by atoms with Crippen molar-refractivity contribution in [2.45, 2.75) is 13.0 Å². The smallest absolute Gasteiger partial charge is 0.123 e. The molecule has 1 atom stereocenters. The number of rotatable bonds is 2. The molecule has 84 valence electrons. The highest BCUT2D eigenvalue weighted by Gasteiger charge is 2.10. The first-order chi connectivity index (χ1) is 7.58. The fourth-order valence-corrected chi connectivity index (χ4v) is 1.92. The van der Waals surface area contributed by atoms with E-state index in [9.17, 15) is 4.39 Å². The maximum atomic E-state index is 13.1. The summed E-state index contributed by atoms with van der Waals surface area (Å²) in [5.41, 5.74) is 7.39. The molecule has 5 heteroatoms. The summed E-state index contributed by atoms with van der Waals surface area (Å²) >= 11 is 2.17. The van der Waals surface area contributed by atoms with Crippen molar-refractivity contribution in [1.82, 2.24) is 9.78 Å². The Morgan fingerprint density at radius 3 is 2.81 bits per heavy atom. The highest BCUT2D eigenvalue weighted by atomic mass is 127. The van der Waals surface area contributed by atoms with Crippen LogP contribution in [0.5, 0.6) is 0 Å². The molecule has 0 aliphatic rings. The molecule has 0 unspecified atom stereocenters. The van der Waals surface area contributed by atoms with Gasteiger partial charge in [-0.25, -0.2) is 9.07 Å². The molecule has 0 aliphatic carbocycles. The largest absolute Gasteiger partial charge is 0.324 e. The molecule has 0 aliphatic heterocycles. The third-order valence-corrected chi connectivity index (χ3v) is 2.84. The van der Waals surface area contributed by atoms with Crippen LogP contribution in [0.25, 0.3) is 5.69 Å². The molecule has 0 amide bonds. The Morgan fingerprint density at radius 1 is 1.50 bits per heavy atom. The standard InChI is InChI=1S/C11H11FIN3/c1-7(14)10-4-8(12)2-3-11(10)16-6-9(13)5-15-16/h2-7H,14H2,1H3/t7-/m0/s1. The van der Waals surface area contributed by atoms with Gasteiger partial charge in [-0.3, -0.25) is 0 Å². The van der Waals surface area contributed by atoms with E-state index in [1.165, 1.54) is 12.1 Å². The van der Waals surface area contributed by atoms with Gasteiger partial charge in [-0.2, -0.15) is 5.10 Å². The number of hydrogen-bond acceptors (Lipinski definition) is 2. The molecular formula is C11H11FIN3. The van der Waals surface area contributed by atoms with Gasteiger partial charge in [0.25, 0.3) is 0 Å². The quantitative estimate of drug-likeness (QED) is 0.860. The molecule has 2 aromatic rings. The normalized spacial score (nSPS) is 12.8. The minimum atomic E-state index is -0.280. The molecule has 2 rings (SSSR count). The van der Waals surface area contributed by atoms with Crippen LogP contribution in [-0.2, 0) is 0 Å². The molecule has 0 radical (unpaired) electrons. The Labute approximate surface area is 107 Å². The van der Waals surface area contributed by atoms with E-state index in [0.29, 0.717) is 0 Å². The zero-order valence-corrected chi connectivity index (χ0v) is 10.8. The van der Waals surface area contributed by atoms with Crippen molar-refractivity contribution in [2.24, 2.45) is 5.73 Å². The van der Waals surface area contributed by atoms with Crippen LogP contribution >= 0.6 is 22.6 Å². The third-order valence-electron chi connectivity index (χ3n) is 2.28. The monoisotopic (exact) mass is 331 g/mol. The van der Waals surface area contributed by atoms with Crippen LogP contribution in [-0.4, -0.2) is 9.78 Å². The Balaban J connectivity index is 2.56. The molecule has 0 bridgehead atoms. The van der Waals surface area contributed by atoms with E-state index in [4.69, 9.17) is 5.73 Å². The second-order valence-electron chi connectivity index (χ2n) is 3.59. The van der Waals surface area contributed by atoms with Crippen LogP contribution in [0.15, 0.2) is 30.6 Å². The van der Waals surface area contributed by atoms with Gasteiger partial charge in [0, 0.05) is 12.2 Å². The molecule has 16 heavy (non-hydrogen) atoms. The van der Waals surface area contributed by atoms with E-state index in [2.05, 4.69) is 27.7 Å². The topological polar surface area (TPSA) is 43.8 Å². The fourth-order valence-electron chi connectivity index (χ4n) is 1.53. The van der Waals surface area contributed by atoms with Crippen molar-refractivity contribution in [2.75, 3.05) is 0 Å². The van der Waals surface area contributed by atoms with Gasteiger partial charge in [-0.15, -0.1) is 0 Å². The lowest BCUT2D eigenvalue weighted by molar-refractivity contribution is 0.620. The minimum absolute atomic E-state index is 0.229. The van der Waals surface area contributed by atoms with Gasteiger partial charge >= 0.3 is 0 Å². The van der Waals surface area contributed by atoms with E-state index in [0.717, 1.165) is 14.8 Å². The molecule has 3 nitrogen and oxygen atoms in total. The zero-order valence-electron chi connectivity index (χ0n) is 8.69. The van der Waals surface area contributed by atoms with Crippen LogP contribution < -0.4 is 5.73 Å². The van der Waals surface area contributed by atoms with Crippen LogP contribution in [0.2, 0.25) is 0 Å². The van der Waals surface area contributed by atoms with Crippen molar-refractivity contribution in [3.63, 3.8) is 0 Å². The van der Waals surface area contributed by atoms with E-state index < -0.39 is 0 Å². The number of hydrogen-bond donors (Lipinski definition) is 1. The zero-order chi connectivity index (χ0) is 11.7. The molecule has 0 saturated heterocycles. The summed E-state index contributed by atoms with van der Waals surface area (Å²) < 4.78 is 15.9. The summed E-state index contributed by atoms with van der Waals surface area (Å²) in [5, 5.41) is 4.19. The molecule has 2 N–H and O–H groups in total. The number of halogens is 2. The lowest BCUT2D eigenvalue weighted by atomic mass is 10.1. The first-order valence-corrected chi connectivity index (χ1v) is 5.91. The number of benzene rings is 1. The second-order valence-corrected chi connectivity index (χ2v) is 4.84. The van der Waals surface area contributed by atoms with E-state index in [1.807, 2.05) is 13.1 Å². The lowest BCUT2D eigenvalue weighted by Gasteiger charge is -2.12. The van der Waals surface area contributed by atoms with Gasteiger partial charge < -0.3 is 5.73 Å². The molecule has 0 fully saturated rings. The van der Waals surface area contributed by atoms with Gasteiger partial charge in [0.1, 0.15) is 5.82 Å². The lowest BCUT2D eigenvalue weighted by Crippen LogP contribution is -2.10. The highest BCUT2D eigenvalue weighted by molar-refractivity contribution is 14.1. The van der Waals surface area contributed by atoms with Crippen molar-refractivity contribution in [1.29, 1.82) is 0 Å². The van der Waals surface area contributed by atoms with Crippen LogP contribution in [0.4, 0.5) is 4.39 Å². The van der Waals surface area contributed by atoms with E-state index in [-0.39, 0.29) is 11.9 Å². The summed E-state index contributed by atoms with van der Waals surface area (Å²) in [6, 6.07) is 4.33. The highest BCUT2D eigenvalue weighted by Crippen LogP contribution is 2.21. The molecule has 0 spiro atoms. The van der Waals surface area contributed by atoms with Crippen molar-refractivity contribution >= 4 is 22.6 Å². The summed E-state index contributed by atoms with van der Waals surface area (Å²) in [6.07, 6.45) is 3.62. The SMILES string of the molecule is C[C@H](N)c1cc(F)ccc1-n1cc(I)cn1. The Hall–Kier alpha value is -0.950. The second kappa shape index (κ2) is 4.50. The van der Waals surface area contributed by atoms with Gasteiger partial charge in [0.2, 0.25) is 0 Å². The summed E-state index contributed by atoms with van der Waals surface area (Å²) in [4.78, 5) is 0. The molecule has 1 aromatic heterocycles. The number of nitrogens with zero attached hydrogens (tertiary/aromatic N) is 2. The predicted octanol–water partition coefficient (Wildman–Crippen LogP) is 2.64. The molecule has 1 heterocycles. The van der Waals surface area contributed by atoms with Gasteiger partial charge in [0.05, 0.1) is 15.5 Å². The van der Waals surface area contributed by atoms with Crippen LogP contribution in [0.3, 0.4) is 0 Å². The maximum Gasteiger partial charge on any atom is 0.123 e. The van der Waals surface area contributed by atoms with Crippen molar-refractivity contribution < 1.29 is 4.39 Å². The summed E-state index contributed by atoms with van der Waals surface area (Å²) in [7, 11) is 0. The van der Waals surface area contributed by atoms with Gasteiger partial charge in [-0.05, 0) is 53.3 Å². The Morgan fingerprint density at radius 2 is 2.25 bits per heavy atom. The average molecular weight is 331 g/mol. The van der Waals surface area contributed by atoms with Gasteiger partial charge in [0.15, 0.2) is 0 Å². The number of nitrogens with two attached hydrogens (primary N) is 1. The summed E-state index contributed by atoms with van der Waals surface area (Å²) in [6.45, 7) is 1.83. The maximum absolute atomic E-state index is 13.1. The van der Waals surface area contributed by atoms with Crippen LogP contribution in [0, 0.1) is 9.39 Å². The Kier molecular flexibility index (Phi) is 3.25. The summed E-state index contributed by atoms with van der Waals surface area (Å²) in [5.74, 6) is -0.280. The molecular weight excluding hydrogens is 320 g/mol. The van der Waals surface area contributed by atoms with Crippen molar-refractivity contribution in [3.8, 4) is 5.69 Å². The molecule has 1 aromatic carbocycles. The average Bonchev–Trinajstić information content (AvgIpc) is 2.64. The van der Waals surface area contributed by atoms with E-state index >= 15 is 0 Å². The molecule has 0 saturated carbocycles.